The van der Waals surface area contributed by atoms with Crippen molar-refractivity contribution in [2.75, 3.05) is 0 Å². The molecule has 0 saturated carbocycles. The van der Waals surface area contributed by atoms with Crippen molar-refractivity contribution in [2.24, 2.45) is 0 Å². The number of rotatable bonds is 3. The van der Waals surface area contributed by atoms with E-state index in [1.165, 1.54) is 10.7 Å². The number of halogens is 1. The second kappa shape index (κ2) is 4.40. The van der Waals surface area contributed by atoms with E-state index in [0.29, 0.717) is 17.8 Å². The quantitative estimate of drug-likeness (QED) is 0.850. The number of para-hydroxylation sites is 1. The topological polar surface area (TPSA) is 50.9 Å². The van der Waals surface area contributed by atoms with Crippen molar-refractivity contribution in [3.8, 4) is 5.69 Å². The maximum atomic E-state index is 13.4. The molecule has 2 aromatic rings. The van der Waals surface area contributed by atoms with Crippen molar-refractivity contribution in [3.05, 3.63) is 42.0 Å². The van der Waals surface area contributed by atoms with Gasteiger partial charge < -0.3 is 5.11 Å². The Morgan fingerprint density at radius 2 is 2.19 bits per heavy atom. The van der Waals surface area contributed by atoms with Gasteiger partial charge in [-0.15, -0.1) is 5.10 Å². The third-order valence-corrected chi connectivity index (χ3v) is 2.14. The highest BCUT2D eigenvalue weighted by molar-refractivity contribution is 5.32. The molecule has 16 heavy (non-hydrogen) atoms. The second-order valence-electron chi connectivity index (χ2n) is 3.66. The van der Waals surface area contributed by atoms with Gasteiger partial charge in [-0.1, -0.05) is 17.3 Å². The molecular formula is C11H12FN3O. The molecular weight excluding hydrogens is 209 g/mol. The zero-order valence-electron chi connectivity index (χ0n) is 8.84. The number of aliphatic hydroxyl groups is 1. The Hall–Kier alpha value is -1.75. The van der Waals surface area contributed by atoms with Crippen LogP contribution in [-0.2, 0) is 6.42 Å². The van der Waals surface area contributed by atoms with Crippen LogP contribution in [-0.4, -0.2) is 26.2 Å². The maximum Gasteiger partial charge on any atom is 0.148 e. The van der Waals surface area contributed by atoms with Crippen LogP contribution in [0, 0.1) is 5.82 Å². The summed E-state index contributed by atoms with van der Waals surface area (Å²) >= 11 is 0. The molecule has 0 aliphatic carbocycles. The lowest BCUT2D eigenvalue weighted by molar-refractivity contribution is 0.194. The lowest BCUT2D eigenvalue weighted by atomic mass is 10.2. The van der Waals surface area contributed by atoms with Crippen molar-refractivity contribution < 1.29 is 9.50 Å². The zero-order chi connectivity index (χ0) is 11.5. The van der Waals surface area contributed by atoms with Crippen LogP contribution in [0.2, 0.25) is 0 Å². The number of hydrogen-bond donors (Lipinski definition) is 1. The van der Waals surface area contributed by atoms with Crippen molar-refractivity contribution in [3.63, 3.8) is 0 Å². The van der Waals surface area contributed by atoms with E-state index in [9.17, 15) is 9.50 Å². The van der Waals surface area contributed by atoms with Crippen LogP contribution in [0.3, 0.4) is 0 Å². The second-order valence-corrected chi connectivity index (χ2v) is 3.66. The fourth-order valence-corrected chi connectivity index (χ4v) is 1.45. The Balaban J connectivity index is 2.28. The summed E-state index contributed by atoms with van der Waals surface area (Å²) < 4.78 is 14.8. The van der Waals surface area contributed by atoms with Gasteiger partial charge in [-0.05, 0) is 19.1 Å². The largest absolute Gasteiger partial charge is 0.393 e. The van der Waals surface area contributed by atoms with E-state index in [0.717, 1.165) is 0 Å². The SMILES string of the molecule is CC(O)Cc1cn(-c2ccccc2F)nn1. The highest BCUT2D eigenvalue weighted by Crippen LogP contribution is 2.11. The van der Waals surface area contributed by atoms with Gasteiger partial charge in [0.15, 0.2) is 0 Å². The number of aromatic nitrogens is 3. The van der Waals surface area contributed by atoms with E-state index in [4.69, 9.17) is 0 Å². The standard InChI is InChI=1S/C11H12FN3O/c1-8(16)6-9-7-15(14-13-9)11-5-3-2-4-10(11)12/h2-5,7-8,16H,6H2,1H3. The average molecular weight is 221 g/mol. The summed E-state index contributed by atoms with van der Waals surface area (Å²) in [5.74, 6) is -0.351. The van der Waals surface area contributed by atoms with Gasteiger partial charge in [-0.3, -0.25) is 0 Å². The van der Waals surface area contributed by atoms with Gasteiger partial charge in [-0.2, -0.15) is 0 Å². The maximum absolute atomic E-state index is 13.4. The van der Waals surface area contributed by atoms with Crippen LogP contribution in [0.15, 0.2) is 30.5 Å². The fraction of sp³-hybridized carbons (Fsp3) is 0.273. The molecule has 0 spiro atoms. The highest BCUT2D eigenvalue weighted by Gasteiger charge is 2.08. The minimum absolute atomic E-state index is 0.351. The van der Waals surface area contributed by atoms with Gasteiger partial charge in [0.05, 0.1) is 18.0 Å². The minimum atomic E-state index is -0.481. The first kappa shape index (κ1) is 10.8. The predicted molar refractivity (Wildman–Crippen MR) is 56.7 cm³/mol. The third-order valence-electron chi connectivity index (χ3n) is 2.14. The summed E-state index contributed by atoms with van der Waals surface area (Å²) in [7, 11) is 0. The normalized spacial score (nSPS) is 12.7. The summed E-state index contributed by atoms with van der Waals surface area (Å²) in [6.45, 7) is 1.67. The first-order valence-corrected chi connectivity index (χ1v) is 5.01. The molecule has 2 rings (SSSR count). The lowest BCUT2D eigenvalue weighted by Crippen LogP contribution is -2.04. The Morgan fingerprint density at radius 1 is 1.44 bits per heavy atom. The van der Waals surface area contributed by atoms with Crippen LogP contribution in [0.1, 0.15) is 12.6 Å². The van der Waals surface area contributed by atoms with E-state index < -0.39 is 6.10 Å². The van der Waals surface area contributed by atoms with Crippen LogP contribution >= 0.6 is 0 Å². The van der Waals surface area contributed by atoms with Gasteiger partial charge in [-0.25, -0.2) is 9.07 Å². The van der Waals surface area contributed by atoms with Crippen LogP contribution in [0.5, 0.6) is 0 Å². The Kier molecular flexibility index (Phi) is 2.96. The molecule has 0 fully saturated rings. The summed E-state index contributed by atoms with van der Waals surface area (Å²) in [5.41, 5.74) is 0.991. The monoisotopic (exact) mass is 221 g/mol. The van der Waals surface area contributed by atoms with E-state index >= 15 is 0 Å². The molecule has 0 bridgehead atoms. The van der Waals surface area contributed by atoms with E-state index in [1.54, 1.807) is 31.3 Å². The highest BCUT2D eigenvalue weighted by atomic mass is 19.1. The molecule has 1 aromatic carbocycles. The molecule has 0 saturated heterocycles. The summed E-state index contributed by atoms with van der Waals surface area (Å²) in [6.07, 6.45) is 1.55. The lowest BCUT2D eigenvalue weighted by Gasteiger charge is -2.00. The first-order chi connectivity index (χ1) is 7.66. The van der Waals surface area contributed by atoms with Gasteiger partial charge in [0.25, 0.3) is 0 Å². The fourth-order valence-electron chi connectivity index (χ4n) is 1.45. The Morgan fingerprint density at radius 3 is 2.88 bits per heavy atom. The van der Waals surface area contributed by atoms with Gasteiger partial charge >= 0.3 is 0 Å². The molecule has 1 N–H and O–H groups in total. The van der Waals surface area contributed by atoms with E-state index in [1.807, 2.05) is 0 Å². The summed E-state index contributed by atoms with van der Waals surface area (Å²) in [5, 5.41) is 16.9. The Labute approximate surface area is 92.3 Å². The van der Waals surface area contributed by atoms with Crippen LogP contribution in [0.4, 0.5) is 4.39 Å². The molecule has 1 atom stereocenters. The number of benzene rings is 1. The number of aliphatic hydroxyl groups excluding tert-OH is 1. The van der Waals surface area contributed by atoms with Crippen LogP contribution < -0.4 is 0 Å². The molecule has 1 aromatic heterocycles. The molecule has 0 aliphatic heterocycles. The number of hydrogen-bond acceptors (Lipinski definition) is 3. The summed E-state index contributed by atoms with van der Waals surface area (Å²) in [4.78, 5) is 0. The Bertz CT molecular complexity index is 482. The molecule has 0 aliphatic rings. The minimum Gasteiger partial charge on any atom is -0.393 e. The molecule has 0 amide bonds. The summed E-state index contributed by atoms with van der Waals surface area (Å²) in [6, 6.07) is 6.34. The first-order valence-electron chi connectivity index (χ1n) is 5.01. The third kappa shape index (κ3) is 2.25. The predicted octanol–water partition coefficient (Wildman–Crippen LogP) is 1.33. The van der Waals surface area contributed by atoms with E-state index in [2.05, 4.69) is 10.3 Å². The molecule has 0 radical (unpaired) electrons. The van der Waals surface area contributed by atoms with Gasteiger partial charge in [0.1, 0.15) is 11.5 Å². The average Bonchev–Trinajstić information content (AvgIpc) is 2.66. The van der Waals surface area contributed by atoms with E-state index in [-0.39, 0.29) is 5.82 Å². The van der Waals surface area contributed by atoms with Crippen LogP contribution in [0.25, 0.3) is 5.69 Å². The molecule has 1 unspecified atom stereocenters. The van der Waals surface area contributed by atoms with Crippen molar-refractivity contribution in [2.45, 2.75) is 19.4 Å². The van der Waals surface area contributed by atoms with Crippen molar-refractivity contribution in [1.82, 2.24) is 15.0 Å². The van der Waals surface area contributed by atoms with Crippen molar-refractivity contribution >= 4 is 0 Å². The number of nitrogens with zero attached hydrogens (tertiary/aromatic N) is 3. The molecule has 1 heterocycles. The molecule has 4 nitrogen and oxygen atoms in total. The molecule has 84 valence electrons. The van der Waals surface area contributed by atoms with Crippen molar-refractivity contribution in [1.29, 1.82) is 0 Å². The van der Waals surface area contributed by atoms with Gasteiger partial charge in [0.2, 0.25) is 0 Å². The molecule has 5 heteroatoms. The van der Waals surface area contributed by atoms with Gasteiger partial charge in [0, 0.05) is 6.42 Å². The zero-order valence-corrected chi connectivity index (χ0v) is 8.84. The smallest absolute Gasteiger partial charge is 0.148 e.